The molecule has 0 radical (unpaired) electrons. The van der Waals surface area contributed by atoms with E-state index in [0.717, 1.165) is 37.2 Å². The fraction of sp³-hybridized carbons (Fsp3) is 0.594. The normalized spacial score (nSPS) is 35.6. The van der Waals surface area contributed by atoms with E-state index < -0.39 is 8.32 Å². The Morgan fingerprint density at radius 2 is 1.89 bits per heavy atom. The second kappa shape index (κ2) is 7.72. The highest BCUT2D eigenvalue weighted by Gasteiger charge is 2.75. The molecule has 196 valence electrons. The van der Waals surface area contributed by atoms with Gasteiger partial charge in [-0.3, -0.25) is 4.79 Å². The van der Waals surface area contributed by atoms with Gasteiger partial charge in [-0.1, -0.05) is 45.0 Å². The molecule has 0 aromatic heterocycles. The first-order valence-corrected chi connectivity index (χ1v) is 17.4. The van der Waals surface area contributed by atoms with Crippen LogP contribution in [0, 0.1) is 17.3 Å². The summed E-state index contributed by atoms with van der Waals surface area (Å²) >= 11 is 0. The Balaban J connectivity index is 1.32. The first-order valence-electron chi connectivity index (χ1n) is 14.5. The standard InChI is InChI=1S/C32H42N2O2Si/c1-30(2,3)37(4,5)36-24-12-11-22-17-27-31-14-13-26-28(32(31,15-16-33-27)25(22)18-24)23(19-31)20-34(26)29(35)21-9-7-6-8-10-21/h6-12,18,23,26-28,33H,13-17,19-20H2,1-5H3/t23-,26?,27?,28?,31?,32?/m1/s1. The molecule has 2 saturated carbocycles. The number of fused-ring (bicyclic) bond motifs is 1. The third-order valence-electron chi connectivity index (χ3n) is 11.7. The van der Waals surface area contributed by atoms with E-state index in [4.69, 9.17) is 4.43 Å². The van der Waals surface area contributed by atoms with E-state index in [1.807, 2.05) is 30.3 Å². The largest absolute Gasteiger partial charge is 0.543 e. The van der Waals surface area contributed by atoms with E-state index in [1.165, 1.54) is 24.8 Å². The lowest BCUT2D eigenvalue weighted by Crippen LogP contribution is -2.69. The Bertz CT molecular complexity index is 1250. The predicted octanol–water partition coefficient (Wildman–Crippen LogP) is 6.17. The number of amides is 1. The molecule has 4 bridgehead atoms. The van der Waals surface area contributed by atoms with Gasteiger partial charge in [0.25, 0.3) is 5.91 Å². The average molecular weight is 515 g/mol. The summed E-state index contributed by atoms with van der Waals surface area (Å²) in [6, 6.07) is 18.0. The predicted molar refractivity (Wildman–Crippen MR) is 151 cm³/mol. The number of hydrogen-bond donors (Lipinski definition) is 1. The fourth-order valence-corrected chi connectivity index (χ4v) is 10.4. The molecule has 6 atom stereocenters. The fourth-order valence-electron chi connectivity index (χ4n) is 9.37. The van der Waals surface area contributed by atoms with Gasteiger partial charge in [-0.25, -0.2) is 0 Å². The average Bonchev–Trinajstić information content (AvgIpc) is 3.30. The molecule has 4 nitrogen and oxygen atoms in total. The minimum atomic E-state index is -1.93. The third kappa shape index (κ3) is 3.07. The van der Waals surface area contributed by atoms with Gasteiger partial charge in [-0.15, -0.1) is 0 Å². The van der Waals surface area contributed by atoms with Crippen LogP contribution in [0.1, 0.15) is 67.9 Å². The second-order valence-corrected chi connectivity index (χ2v) is 18.9. The molecule has 37 heavy (non-hydrogen) atoms. The van der Waals surface area contributed by atoms with Crippen molar-refractivity contribution in [2.24, 2.45) is 17.3 Å². The van der Waals surface area contributed by atoms with Crippen LogP contribution in [-0.2, 0) is 11.8 Å². The van der Waals surface area contributed by atoms with Crippen LogP contribution in [0.3, 0.4) is 0 Å². The molecule has 1 amide bonds. The van der Waals surface area contributed by atoms with Crippen molar-refractivity contribution in [1.29, 1.82) is 0 Å². The molecule has 2 aromatic rings. The Morgan fingerprint density at radius 1 is 1.11 bits per heavy atom. The van der Waals surface area contributed by atoms with Crippen molar-refractivity contribution in [3.8, 4) is 5.75 Å². The number of benzene rings is 2. The minimum Gasteiger partial charge on any atom is -0.543 e. The van der Waals surface area contributed by atoms with Gasteiger partial charge in [-0.05, 0) is 109 Å². The Labute approximate surface area is 223 Å². The van der Waals surface area contributed by atoms with Crippen LogP contribution in [0.15, 0.2) is 48.5 Å². The molecular formula is C32H42N2O2Si. The van der Waals surface area contributed by atoms with Crippen LogP contribution < -0.4 is 9.74 Å². The molecular weight excluding hydrogens is 472 g/mol. The van der Waals surface area contributed by atoms with Crippen molar-refractivity contribution in [3.63, 3.8) is 0 Å². The molecule has 2 aromatic carbocycles. The molecule has 3 aliphatic carbocycles. The first-order chi connectivity index (χ1) is 17.6. The maximum atomic E-state index is 13.7. The summed E-state index contributed by atoms with van der Waals surface area (Å²) < 4.78 is 6.88. The quantitative estimate of drug-likeness (QED) is 0.498. The number of nitrogens with zero attached hydrogens (tertiary/aromatic N) is 1. The number of rotatable bonds is 3. The minimum absolute atomic E-state index is 0.155. The smallest absolute Gasteiger partial charge is 0.254 e. The number of piperidine rings is 1. The van der Waals surface area contributed by atoms with Crippen LogP contribution >= 0.6 is 0 Å². The summed E-state index contributed by atoms with van der Waals surface area (Å²) in [7, 11) is -1.93. The second-order valence-electron chi connectivity index (χ2n) is 14.2. The van der Waals surface area contributed by atoms with Gasteiger partial charge in [0.1, 0.15) is 5.75 Å². The summed E-state index contributed by atoms with van der Waals surface area (Å²) in [4.78, 5) is 16.0. The number of nitrogens with one attached hydrogen (secondary N) is 1. The maximum absolute atomic E-state index is 13.7. The van der Waals surface area contributed by atoms with Crippen molar-refractivity contribution in [3.05, 3.63) is 65.2 Å². The van der Waals surface area contributed by atoms with E-state index in [-0.39, 0.29) is 16.4 Å². The van der Waals surface area contributed by atoms with E-state index >= 15 is 0 Å². The molecule has 4 fully saturated rings. The van der Waals surface area contributed by atoms with Crippen molar-refractivity contribution >= 4 is 14.2 Å². The molecule has 7 rings (SSSR count). The molecule has 0 spiro atoms. The topological polar surface area (TPSA) is 41.6 Å². The van der Waals surface area contributed by atoms with Crippen LogP contribution in [0.4, 0.5) is 0 Å². The monoisotopic (exact) mass is 514 g/mol. The summed E-state index contributed by atoms with van der Waals surface area (Å²) in [5.41, 5.74) is 4.41. The molecule has 2 heterocycles. The summed E-state index contributed by atoms with van der Waals surface area (Å²) in [5.74, 6) is 2.46. The molecule has 5 heteroatoms. The highest BCUT2D eigenvalue weighted by atomic mass is 28.4. The van der Waals surface area contributed by atoms with E-state index in [2.05, 4.69) is 62.3 Å². The lowest BCUT2D eigenvalue weighted by Gasteiger charge is -2.64. The van der Waals surface area contributed by atoms with Crippen LogP contribution in [0.2, 0.25) is 18.1 Å². The van der Waals surface area contributed by atoms with E-state index in [0.29, 0.717) is 29.3 Å². The van der Waals surface area contributed by atoms with Gasteiger partial charge in [0.2, 0.25) is 8.32 Å². The highest BCUT2D eigenvalue weighted by molar-refractivity contribution is 6.74. The van der Waals surface area contributed by atoms with Crippen molar-refractivity contribution in [2.75, 3.05) is 13.1 Å². The lowest BCUT2D eigenvalue weighted by atomic mass is 9.44. The molecule has 1 N–H and O–H groups in total. The lowest BCUT2D eigenvalue weighted by molar-refractivity contribution is -0.0447. The number of hydrogen-bond acceptors (Lipinski definition) is 3. The maximum Gasteiger partial charge on any atom is 0.254 e. The first kappa shape index (κ1) is 24.0. The molecule has 5 unspecified atom stereocenters. The van der Waals surface area contributed by atoms with Gasteiger partial charge >= 0.3 is 0 Å². The number of carbonyl (C=O) groups is 1. The van der Waals surface area contributed by atoms with Gasteiger partial charge in [0.05, 0.1) is 0 Å². The van der Waals surface area contributed by atoms with Gasteiger partial charge in [0.15, 0.2) is 0 Å². The van der Waals surface area contributed by atoms with Gasteiger partial charge in [-0.2, -0.15) is 0 Å². The van der Waals surface area contributed by atoms with Gasteiger partial charge < -0.3 is 14.6 Å². The Morgan fingerprint density at radius 3 is 2.65 bits per heavy atom. The zero-order chi connectivity index (χ0) is 25.8. The summed E-state index contributed by atoms with van der Waals surface area (Å²) in [6.07, 6.45) is 5.96. The zero-order valence-electron chi connectivity index (χ0n) is 23.1. The van der Waals surface area contributed by atoms with E-state index in [1.54, 1.807) is 5.56 Å². The summed E-state index contributed by atoms with van der Waals surface area (Å²) in [6.45, 7) is 13.7. The van der Waals surface area contributed by atoms with Crippen LogP contribution in [0.5, 0.6) is 5.75 Å². The van der Waals surface area contributed by atoms with Crippen LogP contribution in [-0.4, -0.2) is 44.3 Å². The molecule has 5 aliphatic rings. The van der Waals surface area contributed by atoms with Crippen molar-refractivity contribution < 1.29 is 9.22 Å². The van der Waals surface area contributed by atoms with Crippen molar-refractivity contribution in [1.82, 2.24) is 10.2 Å². The highest BCUT2D eigenvalue weighted by Crippen LogP contribution is 2.74. The third-order valence-corrected chi connectivity index (χ3v) is 16.1. The van der Waals surface area contributed by atoms with Crippen molar-refractivity contribution in [2.45, 2.75) is 88.5 Å². The van der Waals surface area contributed by atoms with Gasteiger partial charge in [0, 0.05) is 29.6 Å². The molecule has 2 saturated heterocycles. The zero-order valence-corrected chi connectivity index (χ0v) is 24.1. The molecule has 2 aliphatic heterocycles. The number of carbonyl (C=O) groups excluding carboxylic acids is 1. The summed E-state index contributed by atoms with van der Waals surface area (Å²) in [5, 5.41) is 4.16. The SMILES string of the molecule is CC(C)(C)[Si](C)(C)Oc1ccc2c(c1)C13CCNC(C2)C12CCC1C3[C@@H](CN1C(=O)c1ccccc1)C2. The Kier molecular flexibility index (Phi) is 5.00. The number of likely N-dealkylation sites (tertiary alicyclic amines) is 1. The van der Waals surface area contributed by atoms with Crippen LogP contribution in [0.25, 0.3) is 0 Å². The van der Waals surface area contributed by atoms with E-state index in [9.17, 15) is 4.79 Å². The Hall–Kier alpha value is -2.11.